The highest BCUT2D eigenvalue weighted by molar-refractivity contribution is 5.02. The first-order valence-electron chi connectivity index (χ1n) is 18.0. The third-order valence-corrected chi connectivity index (χ3v) is 14.1. The second-order valence-corrected chi connectivity index (χ2v) is 15.8. The Bertz CT molecular complexity index is 680. The SMILES string of the molecule is CC1CC2CCCCC2C1C.CCCCC1C(C)CC2CCCC2C1C1C(CC)CCC2CCCCC21. The van der Waals surface area contributed by atoms with Gasteiger partial charge in [-0.3, -0.25) is 0 Å². The van der Waals surface area contributed by atoms with Gasteiger partial charge in [0.15, 0.2) is 0 Å². The number of hydrogen-bond donors (Lipinski definition) is 0. The fourth-order valence-electron chi connectivity index (χ4n) is 12.2. The largest absolute Gasteiger partial charge is 0.0654 e. The van der Waals surface area contributed by atoms with Gasteiger partial charge in [-0.05, 0) is 128 Å². The Morgan fingerprint density at radius 3 is 1.86 bits per heavy atom. The zero-order chi connectivity index (χ0) is 25.9. The Balaban J connectivity index is 0.000000212. The van der Waals surface area contributed by atoms with E-state index in [9.17, 15) is 0 Å². The molecule has 0 aromatic rings. The van der Waals surface area contributed by atoms with Gasteiger partial charge in [0.05, 0.1) is 0 Å². The van der Waals surface area contributed by atoms with Gasteiger partial charge in [0.2, 0.25) is 0 Å². The molecule has 0 radical (unpaired) electrons. The molecule has 13 atom stereocenters. The highest BCUT2D eigenvalue weighted by atomic mass is 14.6. The number of rotatable bonds is 5. The van der Waals surface area contributed by atoms with E-state index in [-0.39, 0.29) is 0 Å². The summed E-state index contributed by atoms with van der Waals surface area (Å²) in [7, 11) is 0. The van der Waals surface area contributed by atoms with Crippen molar-refractivity contribution >= 4 is 0 Å². The predicted molar refractivity (Wildman–Crippen MR) is 161 cm³/mol. The maximum Gasteiger partial charge on any atom is -0.0318 e. The van der Waals surface area contributed by atoms with Crippen molar-refractivity contribution in [3.63, 3.8) is 0 Å². The molecule has 37 heavy (non-hydrogen) atoms. The van der Waals surface area contributed by atoms with Crippen LogP contribution in [0.4, 0.5) is 0 Å². The summed E-state index contributed by atoms with van der Waals surface area (Å²) < 4.78 is 0. The molecule has 0 bridgehead atoms. The van der Waals surface area contributed by atoms with Crippen molar-refractivity contribution in [3.8, 4) is 0 Å². The molecule has 0 saturated heterocycles. The van der Waals surface area contributed by atoms with Crippen LogP contribution in [0.5, 0.6) is 0 Å². The van der Waals surface area contributed by atoms with Gasteiger partial charge in [0.1, 0.15) is 0 Å². The number of unbranched alkanes of at least 4 members (excludes halogenated alkanes) is 1. The van der Waals surface area contributed by atoms with Gasteiger partial charge in [-0.25, -0.2) is 0 Å². The van der Waals surface area contributed by atoms with E-state index in [2.05, 4.69) is 34.6 Å². The van der Waals surface area contributed by atoms with Gasteiger partial charge < -0.3 is 0 Å². The lowest BCUT2D eigenvalue weighted by atomic mass is 9.49. The first-order valence-corrected chi connectivity index (χ1v) is 18.0. The number of hydrogen-bond acceptors (Lipinski definition) is 0. The first-order chi connectivity index (χ1) is 18.0. The normalized spacial score (nSPS) is 49.4. The van der Waals surface area contributed by atoms with E-state index in [1.165, 1.54) is 51.4 Å². The summed E-state index contributed by atoms with van der Waals surface area (Å²) in [5.41, 5.74) is 0. The average Bonchev–Trinajstić information content (AvgIpc) is 3.50. The third kappa shape index (κ3) is 6.04. The topological polar surface area (TPSA) is 0 Å². The summed E-state index contributed by atoms with van der Waals surface area (Å²) in [6.07, 6.45) is 29.2. The zero-order valence-electron chi connectivity index (χ0n) is 25.9. The lowest BCUT2D eigenvalue weighted by Gasteiger charge is -2.56. The van der Waals surface area contributed by atoms with E-state index < -0.39 is 0 Å². The van der Waals surface area contributed by atoms with Crippen LogP contribution in [0.1, 0.15) is 157 Å². The van der Waals surface area contributed by atoms with E-state index in [0.29, 0.717) is 0 Å². The molecule has 0 nitrogen and oxygen atoms in total. The fourth-order valence-corrected chi connectivity index (χ4v) is 12.2. The van der Waals surface area contributed by atoms with E-state index >= 15 is 0 Å². The summed E-state index contributed by atoms with van der Waals surface area (Å²) in [4.78, 5) is 0. The van der Waals surface area contributed by atoms with E-state index in [4.69, 9.17) is 0 Å². The van der Waals surface area contributed by atoms with Gasteiger partial charge in [-0.15, -0.1) is 0 Å². The summed E-state index contributed by atoms with van der Waals surface area (Å²) in [5, 5.41) is 0. The molecule has 6 aliphatic rings. The monoisotopic (exact) mass is 511 g/mol. The van der Waals surface area contributed by atoms with Crippen LogP contribution >= 0.6 is 0 Å². The maximum absolute atomic E-state index is 2.66. The highest BCUT2D eigenvalue weighted by Gasteiger charge is 2.52. The van der Waals surface area contributed by atoms with Crippen LogP contribution in [0.2, 0.25) is 0 Å². The van der Waals surface area contributed by atoms with Gasteiger partial charge in [-0.1, -0.05) is 105 Å². The molecular formula is C37H66. The first kappa shape index (κ1) is 28.5. The minimum Gasteiger partial charge on any atom is -0.0654 e. The van der Waals surface area contributed by atoms with Gasteiger partial charge in [0, 0.05) is 0 Å². The van der Waals surface area contributed by atoms with Crippen molar-refractivity contribution in [2.75, 3.05) is 0 Å². The molecule has 6 rings (SSSR count). The molecule has 0 amide bonds. The Kier molecular flexibility index (Phi) is 10.1. The van der Waals surface area contributed by atoms with Gasteiger partial charge in [0.25, 0.3) is 0 Å². The van der Waals surface area contributed by atoms with Crippen LogP contribution in [0.15, 0.2) is 0 Å². The van der Waals surface area contributed by atoms with Crippen molar-refractivity contribution in [3.05, 3.63) is 0 Å². The molecule has 0 aromatic carbocycles. The molecule has 0 spiro atoms. The Morgan fingerprint density at radius 2 is 1.14 bits per heavy atom. The lowest BCUT2D eigenvalue weighted by Crippen LogP contribution is -2.49. The summed E-state index contributed by atoms with van der Waals surface area (Å²) >= 11 is 0. The molecular weight excluding hydrogens is 444 g/mol. The summed E-state index contributed by atoms with van der Waals surface area (Å²) in [5.74, 6) is 14.1. The zero-order valence-corrected chi connectivity index (χ0v) is 25.9. The molecule has 6 aliphatic carbocycles. The smallest absolute Gasteiger partial charge is 0.0318 e. The summed E-state index contributed by atoms with van der Waals surface area (Å²) in [6, 6.07) is 0. The maximum atomic E-state index is 2.66. The average molecular weight is 511 g/mol. The van der Waals surface area contributed by atoms with E-state index in [1.54, 1.807) is 70.6 Å². The Morgan fingerprint density at radius 1 is 0.541 bits per heavy atom. The summed E-state index contributed by atoms with van der Waals surface area (Å²) in [6.45, 7) is 12.5. The lowest BCUT2D eigenvalue weighted by molar-refractivity contribution is -0.0713. The third-order valence-electron chi connectivity index (χ3n) is 14.1. The number of fused-ring (bicyclic) bond motifs is 3. The van der Waals surface area contributed by atoms with E-state index in [0.717, 1.165) is 76.9 Å². The molecule has 0 aliphatic heterocycles. The van der Waals surface area contributed by atoms with Crippen LogP contribution in [0.25, 0.3) is 0 Å². The molecule has 214 valence electrons. The quantitative estimate of drug-likeness (QED) is 0.345. The highest BCUT2D eigenvalue weighted by Crippen LogP contribution is 2.60. The van der Waals surface area contributed by atoms with E-state index in [1.807, 2.05) is 0 Å². The van der Waals surface area contributed by atoms with Crippen molar-refractivity contribution < 1.29 is 0 Å². The Hall–Kier alpha value is 0. The predicted octanol–water partition coefficient (Wildman–Crippen LogP) is 11.6. The van der Waals surface area contributed by atoms with Gasteiger partial charge >= 0.3 is 0 Å². The van der Waals surface area contributed by atoms with Crippen LogP contribution < -0.4 is 0 Å². The minimum absolute atomic E-state index is 1.01. The molecule has 0 heterocycles. The molecule has 13 unspecified atom stereocenters. The molecule has 0 heteroatoms. The molecule has 0 N–H and O–H groups in total. The van der Waals surface area contributed by atoms with Crippen molar-refractivity contribution in [2.45, 2.75) is 157 Å². The van der Waals surface area contributed by atoms with Crippen molar-refractivity contribution in [2.24, 2.45) is 76.9 Å². The molecule has 0 aromatic heterocycles. The molecule has 6 fully saturated rings. The van der Waals surface area contributed by atoms with Gasteiger partial charge in [-0.2, -0.15) is 0 Å². The Labute approximate surface area is 233 Å². The van der Waals surface area contributed by atoms with Crippen LogP contribution in [0.3, 0.4) is 0 Å². The molecule has 6 saturated carbocycles. The fraction of sp³-hybridized carbons (Fsp3) is 1.00. The second-order valence-electron chi connectivity index (χ2n) is 15.8. The van der Waals surface area contributed by atoms with Crippen molar-refractivity contribution in [1.29, 1.82) is 0 Å². The minimum atomic E-state index is 1.01. The van der Waals surface area contributed by atoms with Crippen LogP contribution in [0, 0.1) is 76.9 Å². The second kappa shape index (κ2) is 13.1. The van der Waals surface area contributed by atoms with Crippen molar-refractivity contribution in [1.82, 2.24) is 0 Å². The van der Waals surface area contributed by atoms with Crippen LogP contribution in [-0.4, -0.2) is 0 Å². The van der Waals surface area contributed by atoms with Crippen LogP contribution in [-0.2, 0) is 0 Å². The standard InChI is InChI=1S/C26H46.C11H20/c1-4-6-12-22-18(3)17-21-11-9-14-24(21)26(22)25-19(5-2)15-16-20-10-7-8-13-23(20)25;1-8-7-10-5-3-4-6-11(10)9(8)2/h18-26H,4-17H2,1-3H3;8-11H,3-7H2,1-2H3.